The van der Waals surface area contributed by atoms with Gasteiger partial charge in [-0.1, -0.05) is 54.4 Å². The van der Waals surface area contributed by atoms with Gasteiger partial charge < -0.3 is 10.2 Å². The van der Waals surface area contributed by atoms with Crippen molar-refractivity contribution in [2.45, 2.75) is 38.6 Å². The molecule has 0 saturated heterocycles. The van der Waals surface area contributed by atoms with Gasteiger partial charge in [0.2, 0.25) is 11.8 Å². The Labute approximate surface area is 187 Å². The van der Waals surface area contributed by atoms with Gasteiger partial charge in [0.1, 0.15) is 6.04 Å². The minimum absolute atomic E-state index is 0.0869. The van der Waals surface area contributed by atoms with Gasteiger partial charge in [-0.25, -0.2) is 0 Å². The Hall–Kier alpha value is -1.69. The molecule has 0 spiro atoms. The van der Waals surface area contributed by atoms with Crippen LogP contribution in [0.3, 0.4) is 0 Å². The maximum atomic E-state index is 13.0. The molecule has 156 valence electrons. The van der Waals surface area contributed by atoms with E-state index in [1.165, 1.54) is 11.8 Å². The minimum Gasteiger partial charge on any atom is -0.354 e. The van der Waals surface area contributed by atoms with Gasteiger partial charge in [0, 0.05) is 28.9 Å². The highest BCUT2D eigenvalue weighted by Gasteiger charge is 2.25. The van der Waals surface area contributed by atoms with Crippen molar-refractivity contribution in [3.05, 3.63) is 69.7 Å². The third kappa shape index (κ3) is 7.92. The van der Waals surface area contributed by atoms with Crippen molar-refractivity contribution in [3.8, 4) is 0 Å². The fourth-order valence-corrected chi connectivity index (χ4v) is 4.06. The number of amides is 2. The van der Waals surface area contributed by atoms with Crippen molar-refractivity contribution in [1.29, 1.82) is 0 Å². The van der Waals surface area contributed by atoms with E-state index in [2.05, 4.69) is 5.32 Å². The Morgan fingerprint density at radius 1 is 1.07 bits per heavy atom. The van der Waals surface area contributed by atoms with E-state index in [0.717, 1.165) is 17.5 Å². The molecule has 0 fully saturated rings. The lowest BCUT2D eigenvalue weighted by molar-refractivity contribution is -0.138. The summed E-state index contributed by atoms with van der Waals surface area (Å²) < 4.78 is 0. The first-order chi connectivity index (χ1) is 13.9. The van der Waals surface area contributed by atoms with Crippen LogP contribution >= 0.6 is 35.0 Å². The number of thioether (sulfide) groups is 1. The molecular weight excluding hydrogens is 427 g/mol. The largest absolute Gasteiger partial charge is 0.354 e. The second-order valence-electron chi connectivity index (χ2n) is 6.74. The molecule has 0 aliphatic rings. The van der Waals surface area contributed by atoms with Crippen molar-refractivity contribution < 1.29 is 9.59 Å². The van der Waals surface area contributed by atoms with Crippen LogP contribution in [0.15, 0.2) is 48.5 Å². The van der Waals surface area contributed by atoms with Crippen LogP contribution in [0.1, 0.15) is 31.4 Å². The van der Waals surface area contributed by atoms with Gasteiger partial charge in [-0.3, -0.25) is 9.59 Å². The average Bonchev–Trinajstić information content (AvgIpc) is 2.69. The molecule has 1 N–H and O–H groups in total. The van der Waals surface area contributed by atoms with Crippen LogP contribution in [0.2, 0.25) is 10.0 Å². The summed E-state index contributed by atoms with van der Waals surface area (Å²) in [7, 11) is 0. The number of carbonyl (C=O) groups is 2. The first kappa shape index (κ1) is 23.6. The lowest BCUT2D eigenvalue weighted by atomic mass is 10.1. The van der Waals surface area contributed by atoms with Gasteiger partial charge in [-0.15, -0.1) is 11.8 Å². The summed E-state index contributed by atoms with van der Waals surface area (Å²) in [4.78, 5) is 27.1. The molecule has 0 saturated carbocycles. The van der Waals surface area contributed by atoms with Crippen molar-refractivity contribution in [3.63, 3.8) is 0 Å². The number of hydrogen-bond donors (Lipinski definition) is 1. The zero-order valence-electron chi connectivity index (χ0n) is 16.7. The summed E-state index contributed by atoms with van der Waals surface area (Å²) in [5, 5.41) is 4.16. The number of nitrogens with one attached hydrogen (secondary N) is 1. The molecule has 0 heterocycles. The van der Waals surface area contributed by atoms with E-state index in [-0.39, 0.29) is 17.6 Å². The van der Waals surface area contributed by atoms with Crippen LogP contribution < -0.4 is 5.32 Å². The van der Waals surface area contributed by atoms with Gasteiger partial charge in [-0.05, 0) is 48.7 Å². The molecule has 2 aromatic carbocycles. The Morgan fingerprint density at radius 2 is 1.69 bits per heavy atom. The second-order valence-corrected chi connectivity index (χ2v) is 8.60. The SMILES string of the molecule is CCCNC(=O)C(C)N(Cc1cccc(Cl)c1)C(=O)CSCc1cccc(Cl)c1. The Kier molecular flexibility index (Phi) is 9.85. The van der Waals surface area contributed by atoms with Gasteiger partial charge in [0.05, 0.1) is 5.75 Å². The number of hydrogen-bond acceptors (Lipinski definition) is 3. The third-order valence-electron chi connectivity index (χ3n) is 4.34. The molecule has 0 bridgehead atoms. The van der Waals surface area contributed by atoms with Crippen molar-refractivity contribution in [2.75, 3.05) is 12.3 Å². The Balaban J connectivity index is 2.05. The van der Waals surface area contributed by atoms with Crippen LogP contribution in [0, 0.1) is 0 Å². The summed E-state index contributed by atoms with van der Waals surface area (Å²) in [5.41, 5.74) is 1.95. The van der Waals surface area contributed by atoms with Crippen LogP contribution in [0.4, 0.5) is 0 Å². The number of benzene rings is 2. The number of nitrogens with zero attached hydrogens (tertiary/aromatic N) is 1. The molecule has 1 unspecified atom stereocenters. The lowest BCUT2D eigenvalue weighted by Gasteiger charge is -2.28. The molecule has 2 rings (SSSR count). The summed E-state index contributed by atoms with van der Waals surface area (Å²) in [6.07, 6.45) is 0.843. The van der Waals surface area contributed by atoms with E-state index in [0.29, 0.717) is 28.9 Å². The third-order valence-corrected chi connectivity index (χ3v) is 5.80. The Morgan fingerprint density at radius 3 is 2.31 bits per heavy atom. The van der Waals surface area contributed by atoms with Gasteiger partial charge in [0.25, 0.3) is 0 Å². The quantitative estimate of drug-likeness (QED) is 0.540. The summed E-state index contributed by atoms with van der Waals surface area (Å²) in [6.45, 7) is 4.67. The molecule has 29 heavy (non-hydrogen) atoms. The van der Waals surface area contributed by atoms with Crippen molar-refractivity contribution >= 4 is 46.8 Å². The first-order valence-corrected chi connectivity index (χ1v) is 11.5. The van der Waals surface area contributed by atoms with Gasteiger partial charge >= 0.3 is 0 Å². The number of halogens is 2. The molecule has 4 nitrogen and oxygen atoms in total. The molecule has 0 aliphatic heterocycles. The van der Waals surface area contributed by atoms with Crippen LogP contribution in [-0.4, -0.2) is 35.1 Å². The van der Waals surface area contributed by atoms with Gasteiger partial charge in [0.15, 0.2) is 0 Å². The highest BCUT2D eigenvalue weighted by atomic mass is 35.5. The zero-order valence-corrected chi connectivity index (χ0v) is 19.0. The minimum atomic E-state index is -0.570. The normalized spacial score (nSPS) is 11.7. The van der Waals surface area contributed by atoms with E-state index >= 15 is 0 Å². The van der Waals surface area contributed by atoms with Crippen LogP contribution in [-0.2, 0) is 21.9 Å². The fourth-order valence-electron chi connectivity index (χ4n) is 2.78. The maximum Gasteiger partial charge on any atom is 0.242 e. The highest BCUT2D eigenvalue weighted by molar-refractivity contribution is 7.99. The number of carbonyl (C=O) groups excluding carboxylic acids is 2. The van der Waals surface area contributed by atoms with E-state index in [4.69, 9.17) is 23.2 Å². The maximum absolute atomic E-state index is 13.0. The molecular formula is C22H26Cl2N2O2S. The predicted molar refractivity (Wildman–Crippen MR) is 122 cm³/mol. The molecule has 0 aromatic heterocycles. The molecule has 0 aliphatic carbocycles. The molecule has 0 radical (unpaired) electrons. The molecule has 2 aromatic rings. The Bertz CT molecular complexity index is 832. The summed E-state index contributed by atoms with van der Waals surface area (Å²) in [6, 6.07) is 14.4. The molecule has 2 amide bonds. The van der Waals surface area contributed by atoms with Crippen LogP contribution in [0.25, 0.3) is 0 Å². The smallest absolute Gasteiger partial charge is 0.242 e. The monoisotopic (exact) mass is 452 g/mol. The van der Waals surface area contributed by atoms with Crippen molar-refractivity contribution in [2.24, 2.45) is 0 Å². The van der Waals surface area contributed by atoms with E-state index in [9.17, 15) is 9.59 Å². The zero-order chi connectivity index (χ0) is 21.2. The highest BCUT2D eigenvalue weighted by Crippen LogP contribution is 2.19. The summed E-state index contributed by atoms with van der Waals surface area (Å²) in [5.74, 6) is 0.713. The predicted octanol–water partition coefficient (Wildman–Crippen LogP) is 5.17. The standard InChI is InChI=1S/C22H26Cl2N2O2S/c1-3-10-25-22(28)16(2)26(13-17-6-4-8-19(23)11-17)21(27)15-29-14-18-7-5-9-20(24)12-18/h4-9,11-12,16H,3,10,13-15H2,1-2H3,(H,25,28). The molecule has 1 atom stereocenters. The van der Waals surface area contributed by atoms with E-state index in [1.54, 1.807) is 17.9 Å². The first-order valence-electron chi connectivity index (χ1n) is 9.54. The van der Waals surface area contributed by atoms with E-state index in [1.807, 2.05) is 49.4 Å². The number of rotatable bonds is 10. The van der Waals surface area contributed by atoms with E-state index < -0.39 is 6.04 Å². The second kappa shape index (κ2) is 12.1. The lowest BCUT2D eigenvalue weighted by Crippen LogP contribution is -2.48. The summed E-state index contributed by atoms with van der Waals surface area (Å²) >= 11 is 13.6. The average molecular weight is 453 g/mol. The van der Waals surface area contributed by atoms with Gasteiger partial charge in [-0.2, -0.15) is 0 Å². The molecule has 7 heteroatoms. The topological polar surface area (TPSA) is 49.4 Å². The van der Waals surface area contributed by atoms with Crippen molar-refractivity contribution in [1.82, 2.24) is 10.2 Å². The van der Waals surface area contributed by atoms with Crippen LogP contribution in [0.5, 0.6) is 0 Å². The fraction of sp³-hybridized carbons (Fsp3) is 0.364.